The Bertz CT molecular complexity index is 504. The average Bonchev–Trinajstić information content (AvgIpc) is 2.69. The molecule has 0 aliphatic carbocycles. The van der Waals surface area contributed by atoms with Crippen LogP contribution in [0.3, 0.4) is 0 Å². The molecule has 2 aromatic rings. The van der Waals surface area contributed by atoms with Gasteiger partial charge in [0.25, 0.3) is 0 Å². The van der Waals surface area contributed by atoms with Gasteiger partial charge < -0.3 is 4.98 Å². The van der Waals surface area contributed by atoms with E-state index < -0.39 is 6.04 Å². The first kappa shape index (κ1) is 10.7. The number of aromatic nitrogens is 1. The van der Waals surface area contributed by atoms with Crippen LogP contribution in [-0.4, -0.2) is 15.9 Å². The maximum atomic E-state index is 10.8. The summed E-state index contributed by atoms with van der Waals surface area (Å²) in [6.07, 6.45) is 2.93. The standard InChI is InChI=1S/C12H14N2O2/c1-2-10(14(15)16)7-9-8-13-12-6-4-3-5-11(9)12/h3-6,8,10,13H,2,7H2,1H3/t10-/m1/s1. The zero-order valence-electron chi connectivity index (χ0n) is 9.14. The Labute approximate surface area is 93.4 Å². The molecule has 0 amide bonds. The zero-order chi connectivity index (χ0) is 11.5. The third kappa shape index (κ3) is 1.91. The molecule has 1 aromatic carbocycles. The van der Waals surface area contributed by atoms with E-state index in [4.69, 9.17) is 0 Å². The van der Waals surface area contributed by atoms with Crippen molar-refractivity contribution in [1.29, 1.82) is 0 Å². The molecular formula is C12H14N2O2. The minimum absolute atomic E-state index is 0.193. The number of rotatable bonds is 4. The van der Waals surface area contributed by atoms with Crippen molar-refractivity contribution in [2.24, 2.45) is 0 Å². The molecule has 0 fully saturated rings. The predicted octanol–water partition coefficient (Wildman–Crippen LogP) is 2.77. The van der Waals surface area contributed by atoms with Crippen LogP contribution in [0.1, 0.15) is 18.9 Å². The zero-order valence-corrected chi connectivity index (χ0v) is 9.14. The Balaban J connectivity index is 2.30. The number of nitrogens with one attached hydrogen (secondary N) is 1. The molecule has 0 aliphatic heterocycles. The SMILES string of the molecule is CC[C@H](Cc1c[nH]c2ccccc12)[N+](=O)[O-]. The van der Waals surface area contributed by atoms with E-state index in [1.54, 1.807) is 0 Å². The molecule has 1 atom stereocenters. The van der Waals surface area contributed by atoms with Crippen LogP contribution in [0.25, 0.3) is 10.9 Å². The summed E-state index contributed by atoms with van der Waals surface area (Å²) >= 11 is 0. The molecule has 4 nitrogen and oxygen atoms in total. The van der Waals surface area contributed by atoms with E-state index in [9.17, 15) is 10.1 Å². The van der Waals surface area contributed by atoms with Crippen molar-refractivity contribution in [2.75, 3.05) is 0 Å². The van der Waals surface area contributed by atoms with E-state index in [-0.39, 0.29) is 4.92 Å². The minimum atomic E-state index is -0.487. The van der Waals surface area contributed by atoms with Gasteiger partial charge in [-0.1, -0.05) is 25.1 Å². The lowest BCUT2D eigenvalue weighted by Crippen LogP contribution is -2.20. The van der Waals surface area contributed by atoms with Crippen molar-refractivity contribution in [2.45, 2.75) is 25.8 Å². The fourth-order valence-corrected chi connectivity index (χ4v) is 1.92. The van der Waals surface area contributed by atoms with Crippen molar-refractivity contribution in [3.63, 3.8) is 0 Å². The van der Waals surface area contributed by atoms with Crippen molar-refractivity contribution in [3.8, 4) is 0 Å². The van der Waals surface area contributed by atoms with E-state index >= 15 is 0 Å². The lowest BCUT2D eigenvalue weighted by Gasteiger charge is -2.05. The van der Waals surface area contributed by atoms with Crippen LogP contribution < -0.4 is 0 Å². The first-order valence-corrected chi connectivity index (χ1v) is 5.41. The lowest BCUT2D eigenvalue weighted by molar-refractivity contribution is -0.522. The number of hydrogen-bond donors (Lipinski definition) is 1. The largest absolute Gasteiger partial charge is 0.361 e. The Morgan fingerprint density at radius 3 is 2.88 bits per heavy atom. The highest BCUT2D eigenvalue weighted by atomic mass is 16.6. The van der Waals surface area contributed by atoms with E-state index in [1.165, 1.54) is 0 Å². The first-order chi connectivity index (χ1) is 7.72. The number of para-hydroxylation sites is 1. The van der Waals surface area contributed by atoms with Crippen LogP contribution in [0.4, 0.5) is 0 Å². The third-order valence-corrected chi connectivity index (χ3v) is 2.90. The molecule has 0 unspecified atom stereocenters. The highest BCUT2D eigenvalue weighted by Crippen LogP contribution is 2.20. The van der Waals surface area contributed by atoms with Crippen molar-refractivity contribution >= 4 is 10.9 Å². The number of H-pyrrole nitrogens is 1. The second-order valence-corrected chi connectivity index (χ2v) is 3.91. The van der Waals surface area contributed by atoms with Gasteiger partial charge in [-0.25, -0.2) is 0 Å². The molecule has 84 valence electrons. The van der Waals surface area contributed by atoms with Crippen molar-refractivity contribution < 1.29 is 4.92 Å². The Morgan fingerprint density at radius 1 is 1.44 bits per heavy atom. The summed E-state index contributed by atoms with van der Waals surface area (Å²) in [7, 11) is 0. The second kappa shape index (κ2) is 4.35. The van der Waals surface area contributed by atoms with Gasteiger partial charge in [-0.3, -0.25) is 10.1 Å². The molecule has 4 heteroatoms. The second-order valence-electron chi connectivity index (χ2n) is 3.91. The number of nitro groups is 1. The molecular weight excluding hydrogens is 204 g/mol. The van der Waals surface area contributed by atoms with Crippen LogP contribution in [-0.2, 0) is 6.42 Å². The fourth-order valence-electron chi connectivity index (χ4n) is 1.92. The Hall–Kier alpha value is -1.84. The average molecular weight is 218 g/mol. The molecule has 1 aromatic heterocycles. The van der Waals surface area contributed by atoms with E-state index in [1.807, 2.05) is 37.4 Å². The minimum Gasteiger partial charge on any atom is -0.361 e. The molecule has 16 heavy (non-hydrogen) atoms. The van der Waals surface area contributed by atoms with E-state index in [2.05, 4.69) is 4.98 Å². The molecule has 0 bridgehead atoms. The van der Waals surface area contributed by atoms with E-state index in [0.717, 1.165) is 16.5 Å². The monoisotopic (exact) mass is 218 g/mol. The normalized spacial score (nSPS) is 12.8. The highest BCUT2D eigenvalue weighted by Gasteiger charge is 2.19. The smallest absolute Gasteiger partial charge is 0.216 e. The van der Waals surface area contributed by atoms with Gasteiger partial charge >= 0.3 is 0 Å². The van der Waals surface area contributed by atoms with Crippen molar-refractivity contribution in [1.82, 2.24) is 4.98 Å². The van der Waals surface area contributed by atoms with Gasteiger partial charge in [-0.05, 0) is 11.6 Å². The summed E-state index contributed by atoms with van der Waals surface area (Å²) in [5.74, 6) is 0. The number of fused-ring (bicyclic) bond motifs is 1. The lowest BCUT2D eigenvalue weighted by atomic mass is 10.0. The molecule has 1 N–H and O–H groups in total. The van der Waals surface area contributed by atoms with Gasteiger partial charge in [0, 0.05) is 34.9 Å². The molecule has 0 radical (unpaired) electrons. The molecule has 0 saturated carbocycles. The topological polar surface area (TPSA) is 58.9 Å². The van der Waals surface area contributed by atoms with Crippen molar-refractivity contribution in [3.05, 3.63) is 46.1 Å². The van der Waals surface area contributed by atoms with E-state index in [0.29, 0.717) is 12.8 Å². The Kier molecular flexibility index (Phi) is 2.90. The number of benzene rings is 1. The molecule has 0 saturated heterocycles. The molecule has 2 rings (SSSR count). The summed E-state index contributed by atoms with van der Waals surface area (Å²) in [6, 6.07) is 7.39. The third-order valence-electron chi connectivity index (χ3n) is 2.90. The number of hydrogen-bond acceptors (Lipinski definition) is 2. The van der Waals surface area contributed by atoms with Gasteiger partial charge in [-0.15, -0.1) is 0 Å². The summed E-state index contributed by atoms with van der Waals surface area (Å²) in [5.41, 5.74) is 2.06. The quantitative estimate of drug-likeness (QED) is 0.633. The summed E-state index contributed by atoms with van der Waals surface area (Å²) in [4.78, 5) is 13.7. The van der Waals surface area contributed by atoms with Gasteiger partial charge in [0.15, 0.2) is 0 Å². The summed E-state index contributed by atoms with van der Waals surface area (Å²) < 4.78 is 0. The first-order valence-electron chi connectivity index (χ1n) is 5.41. The predicted molar refractivity (Wildman–Crippen MR) is 63.1 cm³/mol. The maximum absolute atomic E-state index is 10.8. The molecule has 0 spiro atoms. The van der Waals surface area contributed by atoms with Gasteiger partial charge in [0.05, 0.1) is 0 Å². The summed E-state index contributed by atoms with van der Waals surface area (Å²) in [5, 5.41) is 11.9. The fraction of sp³-hybridized carbons (Fsp3) is 0.333. The molecule has 1 heterocycles. The number of nitrogens with zero attached hydrogens (tertiary/aromatic N) is 1. The van der Waals surface area contributed by atoms with Crippen LogP contribution >= 0.6 is 0 Å². The van der Waals surface area contributed by atoms with Gasteiger partial charge in [0.2, 0.25) is 6.04 Å². The molecule has 0 aliphatic rings. The van der Waals surface area contributed by atoms with Crippen LogP contribution in [0.15, 0.2) is 30.5 Å². The van der Waals surface area contributed by atoms with Gasteiger partial charge in [-0.2, -0.15) is 0 Å². The number of aromatic amines is 1. The Morgan fingerprint density at radius 2 is 2.19 bits per heavy atom. The van der Waals surface area contributed by atoms with Crippen LogP contribution in [0.2, 0.25) is 0 Å². The summed E-state index contributed by atoms with van der Waals surface area (Å²) in [6.45, 7) is 1.85. The highest BCUT2D eigenvalue weighted by molar-refractivity contribution is 5.83. The van der Waals surface area contributed by atoms with Gasteiger partial charge in [0.1, 0.15) is 0 Å². The maximum Gasteiger partial charge on any atom is 0.216 e. The van der Waals surface area contributed by atoms with Crippen LogP contribution in [0, 0.1) is 10.1 Å². The van der Waals surface area contributed by atoms with Crippen LogP contribution in [0.5, 0.6) is 0 Å².